The summed E-state index contributed by atoms with van der Waals surface area (Å²) >= 11 is 0. The summed E-state index contributed by atoms with van der Waals surface area (Å²) in [5.41, 5.74) is 7.54. The number of carbonyl (C=O) groups excluding carboxylic acids is 1. The number of nitrogens with zero attached hydrogens (tertiary/aromatic N) is 5. The average molecular weight is 460 g/mol. The van der Waals surface area contributed by atoms with Gasteiger partial charge in [-0.2, -0.15) is 18.3 Å². The number of halogens is 3. The van der Waals surface area contributed by atoms with Gasteiger partial charge in [0, 0.05) is 17.5 Å². The Balaban J connectivity index is 0.000000799. The van der Waals surface area contributed by atoms with E-state index in [0.717, 1.165) is 22.6 Å². The first-order valence-electron chi connectivity index (χ1n) is 10.6. The molecule has 5 rings (SSSR count). The maximum Gasteiger partial charge on any atom is 0.435 e. The van der Waals surface area contributed by atoms with Crippen LogP contribution in [-0.4, -0.2) is 37.5 Å². The number of carbonyl (C=O) groups is 1. The van der Waals surface area contributed by atoms with Gasteiger partial charge < -0.3 is 15.4 Å². The Morgan fingerprint density at radius 3 is 2.48 bits per heavy atom. The molecule has 0 unspecified atom stereocenters. The Kier molecular flexibility index (Phi) is 6.41. The van der Waals surface area contributed by atoms with Crippen molar-refractivity contribution in [3.8, 4) is 0 Å². The molecule has 0 saturated heterocycles. The second-order valence-electron chi connectivity index (χ2n) is 7.82. The molecule has 3 aromatic heterocycles. The van der Waals surface area contributed by atoms with Gasteiger partial charge >= 0.3 is 6.18 Å². The van der Waals surface area contributed by atoms with Gasteiger partial charge in [0.05, 0.1) is 37.2 Å². The van der Waals surface area contributed by atoms with E-state index in [1.165, 1.54) is 36.4 Å². The molecule has 1 fully saturated rings. The molecule has 3 aromatic rings. The van der Waals surface area contributed by atoms with Crippen LogP contribution in [0.3, 0.4) is 0 Å². The fourth-order valence-corrected chi connectivity index (χ4v) is 3.27. The molecule has 0 bridgehead atoms. The summed E-state index contributed by atoms with van der Waals surface area (Å²) in [6.45, 7) is 2.80. The molecule has 1 amide bonds. The summed E-state index contributed by atoms with van der Waals surface area (Å²) in [5, 5.41) is 7.52. The first kappa shape index (κ1) is 22.8. The Morgan fingerprint density at radius 2 is 1.88 bits per heavy atom. The summed E-state index contributed by atoms with van der Waals surface area (Å²) in [6, 6.07) is 3.68. The van der Waals surface area contributed by atoms with Crippen LogP contribution in [0.1, 0.15) is 59.2 Å². The molecule has 174 valence electrons. The lowest BCUT2D eigenvalue weighted by Crippen LogP contribution is -2.31. The first-order chi connectivity index (χ1) is 15.8. The van der Waals surface area contributed by atoms with E-state index in [-0.39, 0.29) is 23.8 Å². The van der Waals surface area contributed by atoms with E-state index in [0.29, 0.717) is 31.1 Å². The Bertz CT molecular complexity index is 1160. The number of rotatable bonds is 4. The van der Waals surface area contributed by atoms with E-state index < -0.39 is 11.9 Å². The lowest BCUT2D eigenvalue weighted by Gasteiger charge is -2.20. The van der Waals surface area contributed by atoms with E-state index in [1.54, 1.807) is 13.0 Å². The highest BCUT2D eigenvalue weighted by molar-refractivity contribution is 5.97. The minimum atomic E-state index is -4.57. The molecule has 2 N–H and O–H groups in total. The van der Waals surface area contributed by atoms with Crippen LogP contribution in [0.5, 0.6) is 0 Å². The number of amides is 1. The molecule has 2 aliphatic rings. The van der Waals surface area contributed by atoms with Gasteiger partial charge in [0.15, 0.2) is 5.69 Å². The third-order valence-electron chi connectivity index (χ3n) is 5.22. The van der Waals surface area contributed by atoms with Crippen molar-refractivity contribution in [2.24, 2.45) is 0 Å². The Hall–Kier alpha value is -3.34. The number of hydrogen-bond acceptors (Lipinski definition) is 7. The number of hydrogen-bond donors (Lipinski definition) is 1. The van der Waals surface area contributed by atoms with Crippen LogP contribution in [0.25, 0.3) is 10.9 Å². The number of ether oxygens (including phenoxy) is 1. The fourth-order valence-electron chi connectivity index (χ4n) is 3.27. The van der Waals surface area contributed by atoms with E-state index in [4.69, 9.17) is 10.5 Å². The predicted molar refractivity (Wildman–Crippen MR) is 114 cm³/mol. The quantitative estimate of drug-likeness (QED) is 0.630. The van der Waals surface area contributed by atoms with Crippen molar-refractivity contribution >= 4 is 22.6 Å². The third kappa shape index (κ3) is 5.19. The molecule has 1 aliphatic carbocycles. The number of fused-ring (bicyclic) bond motifs is 3. The molecule has 0 aromatic carbocycles. The maximum atomic E-state index is 13.0. The highest BCUT2D eigenvalue weighted by atomic mass is 19.4. The van der Waals surface area contributed by atoms with Gasteiger partial charge in [-0.1, -0.05) is 19.3 Å². The van der Waals surface area contributed by atoms with Gasteiger partial charge in [0.25, 0.3) is 5.91 Å². The Labute approximate surface area is 188 Å². The average Bonchev–Trinajstić information content (AvgIpc) is 3.60. The minimum Gasteiger partial charge on any atom is -0.383 e. The van der Waals surface area contributed by atoms with Crippen LogP contribution in [0.15, 0.2) is 24.4 Å². The zero-order chi connectivity index (χ0) is 23.6. The highest BCUT2D eigenvalue weighted by Gasteiger charge is 2.33. The van der Waals surface area contributed by atoms with Crippen LogP contribution in [0.2, 0.25) is 0 Å². The molecule has 1 saturated carbocycles. The van der Waals surface area contributed by atoms with Crippen LogP contribution in [-0.2, 0) is 30.7 Å². The van der Waals surface area contributed by atoms with E-state index in [2.05, 4.69) is 20.2 Å². The molecule has 0 spiro atoms. The predicted octanol–water partition coefficient (Wildman–Crippen LogP) is 3.88. The topological polar surface area (TPSA) is 107 Å². The van der Waals surface area contributed by atoms with Crippen molar-refractivity contribution < 1.29 is 22.7 Å². The highest BCUT2D eigenvalue weighted by Crippen LogP contribution is 2.31. The van der Waals surface area contributed by atoms with Crippen LogP contribution in [0, 0.1) is 0 Å². The lowest BCUT2D eigenvalue weighted by atomic mass is 10.1. The van der Waals surface area contributed by atoms with Crippen LogP contribution >= 0.6 is 0 Å². The van der Waals surface area contributed by atoms with Gasteiger partial charge in [-0.3, -0.25) is 4.79 Å². The van der Waals surface area contributed by atoms with Crippen molar-refractivity contribution in [3.05, 3.63) is 52.6 Å². The van der Waals surface area contributed by atoms with Crippen LogP contribution < -0.4 is 5.73 Å². The number of pyridine rings is 2. The molecule has 8 nitrogen and oxygen atoms in total. The molecular weight excluding hydrogens is 437 g/mol. The minimum absolute atomic E-state index is 0.00138. The van der Waals surface area contributed by atoms with Gasteiger partial charge in [-0.05, 0) is 30.7 Å². The second kappa shape index (κ2) is 9.26. The van der Waals surface area contributed by atoms with E-state index >= 15 is 0 Å². The third-order valence-corrected chi connectivity index (χ3v) is 5.22. The number of anilines is 1. The van der Waals surface area contributed by atoms with Gasteiger partial charge in [-0.15, -0.1) is 5.10 Å². The summed E-state index contributed by atoms with van der Waals surface area (Å²) in [4.78, 5) is 22.9. The number of alkyl halides is 3. The molecule has 1 aliphatic heterocycles. The molecule has 0 radical (unpaired) electrons. The largest absolute Gasteiger partial charge is 0.435 e. The standard InChI is InChI=1S/C19H17F3N6O2.C3H6/c1-2-28(7-10-3-4-16(27-26-10)19(20,21)22)18(29)14-5-11-12-8-30-9-13(12)17(23)25-15(11)6-24-14;1-2-3-1/h3-6H,2,7-9H2,1H3,(H2,23,25);1-3H2. The monoisotopic (exact) mass is 460 g/mol. The smallest absolute Gasteiger partial charge is 0.383 e. The van der Waals surface area contributed by atoms with E-state index in [1.807, 2.05) is 0 Å². The summed E-state index contributed by atoms with van der Waals surface area (Å²) in [6.07, 6.45) is 1.41. The summed E-state index contributed by atoms with van der Waals surface area (Å²) in [5.74, 6) is -0.00229. The number of nitrogens with two attached hydrogens (primary N) is 1. The first-order valence-corrected chi connectivity index (χ1v) is 10.6. The van der Waals surface area contributed by atoms with E-state index in [9.17, 15) is 18.0 Å². The molecule has 4 heterocycles. The second-order valence-corrected chi connectivity index (χ2v) is 7.82. The number of aromatic nitrogens is 4. The zero-order valence-electron chi connectivity index (χ0n) is 18.0. The van der Waals surface area contributed by atoms with Gasteiger partial charge in [-0.25, -0.2) is 9.97 Å². The summed E-state index contributed by atoms with van der Waals surface area (Å²) < 4.78 is 43.4. The van der Waals surface area contributed by atoms with Gasteiger partial charge in [0.2, 0.25) is 0 Å². The molecular formula is C22H23F3N6O2. The Morgan fingerprint density at radius 1 is 1.15 bits per heavy atom. The molecule has 33 heavy (non-hydrogen) atoms. The lowest BCUT2D eigenvalue weighted by molar-refractivity contribution is -0.141. The molecule has 11 heteroatoms. The van der Waals surface area contributed by atoms with Crippen molar-refractivity contribution in [2.75, 3.05) is 12.3 Å². The van der Waals surface area contributed by atoms with Crippen molar-refractivity contribution in [1.82, 2.24) is 25.1 Å². The maximum absolute atomic E-state index is 13.0. The van der Waals surface area contributed by atoms with Crippen molar-refractivity contribution in [1.29, 1.82) is 0 Å². The number of nitrogen functional groups attached to an aromatic ring is 1. The fraction of sp³-hybridized carbons (Fsp3) is 0.409. The van der Waals surface area contributed by atoms with Crippen LogP contribution in [0.4, 0.5) is 19.0 Å². The zero-order valence-corrected chi connectivity index (χ0v) is 18.0. The van der Waals surface area contributed by atoms with Crippen molar-refractivity contribution in [2.45, 2.75) is 52.1 Å². The molecule has 0 atom stereocenters. The normalized spacial score (nSPS) is 14.4. The SMILES string of the molecule is C1CC1.CCN(Cc1ccc(C(F)(F)F)nn1)C(=O)c1cc2c3c(c(N)nc2cn1)COC3. The summed E-state index contributed by atoms with van der Waals surface area (Å²) in [7, 11) is 0. The van der Waals surface area contributed by atoms with Crippen molar-refractivity contribution in [3.63, 3.8) is 0 Å². The van der Waals surface area contributed by atoms with Gasteiger partial charge in [0.1, 0.15) is 11.5 Å².